The molecule has 0 aromatic carbocycles. The lowest BCUT2D eigenvalue weighted by atomic mass is 9.87. The lowest BCUT2D eigenvalue weighted by molar-refractivity contribution is 0.0430. The Bertz CT molecular complexity index is 221. The molecule has 2 unspecified atom stereocenters. The third kappa shape index (κ3) is 3.69. The van der Waals surface area contributed by atoms with Gasteiger partial charge in [0.05, 0.1) is 0 Å². The molecule has 0 bridgehead atoms. The number of hydrogen-bond acceptors (Lipinski definition) is 2. The van der Waals surface area contributed by atoms with Gasteiger partial charge in [0, 0.05) is 30.7 Å². The van der Waals surface area contributed by atoms with Gasteiger partial charge in [0.25, 0.3) is 0 Å². The largest absolute Gasteiger partial charge is 0.308 e. The molecule has 17 heavy (non-hydrogen) atoms. The highest BCUT2D eigenvalue weighted by atomic mass is 15.3. The molecule has 1 saturated heterocycles. The number of hydrogen-bond donors (Lipinski definition) is 1. The molecule has 1 heterocycles. The maximum atomic E-state index is 3.78. The molecule has 0 saturated carbocycles. The van der Waals surface area contributed by atoms with E-state index >= 15 is 0 Å². The van der Waals surface area contributed by atoms with E-state index < -0.39 is 0 Å². The van der Waals surface area contributed by atoms with Crippen LogP contribution in [-0.2, 0) is 0 Å². The summed E-state index contributed by atoms with van der Waals surface area (Å²) in [5, 5.41) is 3.78. The number of rotatable bonds is 5. The Kier molecular flexibility index (Phi) is 5.46. The second kappa shape index (κ2) is 6.19. The fraction of sp³-hybridized carbons (Fsp3) is 1.00. The molecular formula is C15H32N2. The van der Waals surface area contributed by atoms with E-state index in [0.717, 1.165) is 12.5 Å². The number of piperazine rings is 1. The topological polar surface area (TPSA) is 15.3 Å². The van der Waals surface area contributed by atoms with Crippen LogP contribution in [0.15, 0.2) is 0 Å². The lowest BCUT2D eigenvalue weighted by Gasteiger charge is -2.49. The van der Waals surface area contributed by atoms with Crippen molar-refractivity contribution in [2.75, 3.05) is 13.1 Å². The third-order valence-electron chi connectivity index (χ3n) is 4.56. The zero-order valence-electron chi connectivity index (χ0n) is 12.7. The molecule has 1 fully saturated rings. The summed E-state index contributed by atoms with van der Waals surface area (Å²) in [6.07, 6.45) is 3.79. The van der Waals surface area contributed by atoms with E-state index in [2.05, 4.69) is 51.8 Å². The van der Waals surface area contributed by atoms with Crippen molar-refractivity contribution in [2.45, 2.75) is 78.4 Å². The second-order valence-electron chi connectivity index (χ2n) is 6.37. The van der Waals surface area contributed by atoms with Crippen LogP contribution in [0.1, 0.15) is 60.8 Å². The zero-order valence-corrected chi connectivity index (χ0v) is 12.7. The van der Waals surface area contributed by atoms with Gasteiger partial charge in [-0.25, -0.2) is 0 Å². The van der Waals surface area contributed by atoms with Gasteiger partial charge in [-0.05, 0) is 39.0 Å². The van der Waals surface area contributed by atoms with Crippen LogP contribution in [0.5, 0.6) is 0 Å². The maximum Gasteiger partial charge on any atom is 0.0304 e. The molecule has 1 N–H and O–H groups in total. The van der Waals surface area contributed by atoms with Crippen LogP contribution in [0.25, 0.3) is 0 Å². The van der Waals surface area contributed by atoms with E-state index in [4.69, 9.17) is 0 Å². The average molecular weight is 240 g/mol. The Morgan fingerprint density at radius 2 is 1.82 bits per heavy atom. The quantitative estimate of drug-likeness (QED) is 0.793. The molecule has 102 valence electrons. The van der Waals surface area contributed by atoms with E-state index in [1.165, 1.54) is 25.8 Å². The van der Waals surface area contributed by atoms with Crippen molar-refractivity contribution in [3.05, 3.63) is 0 Å². The van der Waals surface area contributed by atoms with Crippen LogP contribution < -0.4 is 5.32 Å². The minimum Gasteiger partial charge on any atom is -0.308 e. The van der Waals surface area contributed by atoms with Crippen LogP contribution in [0, 0.1) is 5.92 Å². The first kappa shape index (κ1) is 15.0. The van der Waals surface area contributed by atoms with Crippen molar-refractivity contribution in [1.29, 1.82) is 0 Å². The smallest absolute Gasteiger partial charge is 0.0304 e. The second-order valence-corrected chi connectivity index (χ2v) is 6.37. The molecule has 0 aromatic rings. The molecule has 0 amide bonds. The molecule has 0 aromatic heterocycles. The summed E-state index contributed by atoms with van der Waals surface area (Å²) >= 11 is 0. The molecule has 0 radical (unpaired) electrons. The van der Waals surface area contributed by atoms with Crippen LogP contribution in [0.3, 0.4) is 0 Å². The van der Waals surface area contributed by atoms with E-state index in [9.17, 15) is 0 Å². The molecule has 1 aliphatic heterocycles. The Hall–Kier alpha value is -0.0800. The third-order valence-corrected chi connectivity index (χ3v) is 4.56. The van der Waals surface area contributed by atoms with E-state index in [0.29, 0.717) is 17.6 Å². The fourth-order valence-corrected chi connectivity index (χ4v) is 3.17. The van der Waals surface area contributed by atoms with Crippen molar-refractivity contribution in [3.8, 4) is 0 Å². The Labute approximate surface area is 108 Å². The Balaban J connectivity index is 2.68. The molecule has 1 aliphatic rings. The van der Waals surface area contributed by atoms with Crippen LogP contribution >= 0.6 is 0 Å². The predicted molar refractivity (Wildman–Crippen MR) is 76.4 cm³/mol. The predicted octanol–water partition coefficient (Wildman–Crippen LogP) is 3.27. The van der Waals surface area contributed by atoms with Gasteiger partial charge in [-0.3, -0.25) is 4.90 Å². The van der Waals surface area contributed by atoms with Gasteiger partial charge >= 0.3 is 0 Å². The Morgan fingerprint density at radius 3 is 2.29 bits per heavy atom. The van der Waals surface area contributed by atoms with Crippen LogP contribution in [0.2, 0.25) is 0 Å². The monoisotopic (exact) mass is 240 g/mol. The zero-order chi connectivity index (χ0) is 13.1. The first-order valence-electron chi connectivity index (χ1n) is 7.45. The summed E-state index contributed by atoms with van der Waals surface area (Å²) < 4.78 is 0. The number of nitrogens with one attached hydrogen (secondary N) is 1. The lowest BCUT2D eigenvalue weighted by Crippen LogP contribution is -2.64. The van der Waals surface area contributed by atoms with Crippen LogP contribution in [0.4, 0.5) is 0 Å². The normalized spacial score (nSPS) is 27.4. The molecule has 2 heteroatoms. The molecule has 1 rings (SSSR count). The van der Waals surface area contributed by atoms with Gasteiger partial charge in [-0.15, -0.1) is 0 Å². The highest BCUT2D eigenvalue weighted by molar-refractivity contribution is 4.97. The maximum absolute atomic E-state index is 3.78. The summed E-state index contributed by atoms with van der Waals surface area (Å²) in [6, 6.07) is 1.39. The SMILES string of the molecule is CCC1(CC)CN(C(C)CC(C)C)C(C)CN1. The molecule has 0 aliphatic carbocycles. The first-order chi connectivity index (χ1) is 7.94. The molecule has 0 spiro atoms. The number of nitrogens with zero attached hydrogens (tertiary/aromatic N) is 1. The average Bonchev–Trinajstić information content (AvgIpc) is 2.29. The van der Waals surface area contributed by atoms with Crippen molar-refractivity contribution >= 4 is 0 Å². The van der Waals surface area contributed by atoms with Crippen molar-refractivity contribution < 1.29 is 0 Å². The van der Waals surface area contributed by atoms with Gasteiger partial charge in [-0.2, -0.15) is 0 Å². The van der Waals surface area contributed by atoms with E-state index in [1.54, 1.807) is 0 Å². The van der Waals surface area contributed by atoms with Crippen molar-refractivity contribution in [2.24, 2.45) is 5.92 Å². The fourth-order valence-electron chi connectivity index (χ4n) is 3.17. The van der Waals surface area contributed by atoms with Gasteiger partial charge in [-0.1, -0.05) is 27.7 Å². The molecule has 2 atom stereocenters. The first-order valence-corrected chi connectivity index (χ1v) is 7.45. The van der Waals surface area contributed by atoms with Gasteiger partial charge < -0.3 is 5.32 Å². The van der Waals surface area contributed by atoms with E-state index in [-0.39, 0.29) is 0 Å². The highest BCUT2D eigenvalue weighted by Gasteiger charge is 2.36. The van der Waals surface area contributed by atoms with Crippen molar-refractivity contribution in [3.63, 3.8) is 0 Å². The summed E-state index contributed by atoms with van der Waals surface area (Å²) in [4.78, 5) is 2.73. The van der Waals surface area contributed by atoms with E-state index in [1.807, 2.05) is 0 Å². The van der Waals surface area contributed by atoms with Crippen LogP contribution in [-0.4, -0.2) is 35.6 Å². The van der Waals surface area contributed by atoms with Gasteiger partial charge in [0.1, 0.15) is 0 Å². The highest BCUT2D eigenvalue weighted by Crippen LogP contribution is 2.25. The summed E-state index contributed by atoms with van der Waals surface area (Å²) in [7, 11) is 0. The van der Waals surface area contributed by atoms with Gasteiger partial charge in [0.15, 0.2) is 0 Å². The molecule has 2 nitrogen and oxygen atoms in total. The van der Waals surface area contributed by atoms with Crippen molar-refractivity contribution in [1.82, 2.24) is 10.2 Å². The Morgan fingerprint density at radius 1 is 1.24 bits per heavy atom. The standard InChI is InChI=1S/C15H32N2/c1-7-15(8-2)11-17(14(6)10-16-15)13(5)9-12(3)4/h12-14,16H,7-11H2,1-6H3. The molecular weight excluding hydrogens is 208 g/mol. The van der Waals surface area contributed by atoms with Gasteiger partial charge in [0.2, 0.25) is 0 Å². The summed E-state index contributed by atoms with van der Waals surface area (Å²) in [5.41, 5.74) is 0.359. The minimum absolute atomic E-state index is 0.359. The summed E-state index contributed by atoms with van der Waals surface area (Å²) in [5.74, 6) is 0.796. The summed E-state index contributed by atoms with van der Waals surface area (Å²) in [6.45, 7) is 16.4. The minimum atomic E-state index is 0.359.